The van der Waals surface area contributed by atoms with Crippen molar-refractivity contribution in [3.05, 3.63) is 28.7 Å². The maximum absolute atomic E-state index is 11.1. The van der Waals surface area contributed by atoms with Gasteiger partial charge in [-0.25, -0.2) is 4.79 Å². The molecular weight excluding hydrogens is 270 g/mol. The molecule has 3 nitrogen and oxygen atoms in total. The van der Waals surface area contributed by atoms with Crippen molar-refractivity contribution in [2.24, 2.45) is 5.41 Å². The lowest BCUT2D eigenvalue weighted by molar-refractivity contribution is -0.140. The molecule has 0 amide bonds. The largest absolute Gasteiger partial charge is 0.480 e. The Morgan fingerprint density at radius 1 is 1.31 bits per heavy atom. The highest BCUT2D eigenvalue weighted by atomic mass is 79.9. The van der Waals surface area contributed by atoms with E-state index in [4.69, 9.17) is 5.11 Å². The molecule has 0 saturated heterocycles. The Balaban J connectivity index is 2.84. The highest BCUT2D eigenvalue weighted by molar-refractivity contribution is 9.10. The summed E-state index contributed by atoms with van der Waals surface area (Å²) in [6.45, 7) is 5.70. The molecule has 0 fully saturated rings. The molecule has 1 aromatic rings. The number of carboxylic acids is 1. The highest BCUT2D eigenvalue weighted by Gasteiger charge is 2.30. The summed E-state index contributed by atoms with van der Waals surface area (Å²) in [5, 5.41) is 12.2. The van der Waals surface area contributed by atoms with Gasteiger partial charge in [-0.3, -0.25) is 0 Å². The van der Waals surface area contributed by atoms with Crippen molar-refractivity contribution >= 4 is 27.6 Å². The number of nitrogens with one attached hydrogen (secondary N) is 1. The van der Waals surface area contributed by atoms with E-state index in [0.717, 1.165) is 10.2 Å². The Labute approximate surface area is 104 Å². The van der Waals surface area contributed by atoms with Gasteiger partial charge >= 0.3 is 5.97 Å². The van der Waals surface area contributed by atoms with Gasteiger partial charge in [0, 0.05) is 10.2 Å². The van der Waals surface area contributed by atoms with Gasteiger partial charge in [0.15, 0.2) is 0 Å². The molecule has 0 aliphatic rings. The van der Waals surface area contributed by atoms with E-state index in [1.807, 2.05) is 45.0 Å². The van der Waals surface area contributed by atoms with Gasteiger partial charge in [0.05, 0.1) is 0 Å². The molecule has 0 aliphatic heterocycles. The SMILES string of the molecule is CC(C)(C)C(Nc1ccc(Br)cc1)C(=O)O. The molecule has 1 rings (SSSR count). The minimum atomic E-state index is -0.838. The number of hydrogen-bond acceptors (Lipinski definition) is 2. The molecule has 1 aromatic carbocycles. The zero-order valence-corrected chi connectivity index (χ0v) is 11.2. The highest BCUT2D eigenvalue weighted by Crippen LogP contribution is 2.24. The zero-order chi connectivity index (χ0) is 12.3. The Morgan fingerprint density at radius 3 is 2.19 bits per heavy atom. The lowest BCUT2D eigenvalue weighted by atomic mass is 9.86. The summed E-state index contributed by atoms with van der Waals surface area (Å²) < 4.78 is 0.973. The third-order valence-electron chi connectivity index (χ3n) is 2.27. The number of carboxylic acid groups (broad SMARTS) is 1. The van der Waals surface area contributed by atoms with Crippen LogP contribution >= 0.6 is 15.9 Å². The molecule has 4 heteroatoms. The molecule has 16 heavy (non-hydrogen) atoms. The van der Waals surface area contributed by atoms with Crippen LogP contribution in [0.15, 0.2) is 28.7 Å². The molecule has 88 valence electrons. The molecule has 0 radical (unpaired) electrons. The number of rotatable bonds is 3. The normalized spacial score (nSPS) is 13.2. The number of anilines is 1. The first kappa shape index (κ1) is 13.0. The van der Waals surface area contributed by atoms with Crippen LogP contribution in [0.25, 0.3) is 0 Å². The van der Waals surface area contributed by atoms with Gasteiger partial charge in [-0.1, -0.05) is 36.7 Å². The van der Waals surface area contributed by atoms with Crippen LogP contribution in [0.3, 0.4) is 0 Å². The predicted molar refractivity (Wildman–Crippen MR) is 68.6 cm³/mol. The second-order valence-corrected chi connectivity index (χ2v) is 5.70. The van der Waals surface area contributed by atoms with Gasteiger partial charge in [0.2, 0.25) is 0 Å². The fourth-order valence-corrected chi connectivity index (χ4v) is 1.63. The second kappa shape index (κ2) is 4.87. The van der Waals surface area contributed by atoms with E-state index in [1.54, 1.807) is 0 Å². The standard InChI is InChI=1S/C12H16BrNO2/c1-12(2,3)10(11(15)16)14-9-6-4-8(13)5-7-9/h4-7,10,14H,1-3H3,(H,15,16). The molecule has 0 heterocycles. The van der Waals surface area contributed by atoms with Gasteiger partial charge < -0.3 is 10.4 Å². The Hall–Kier alpha value is -1.03. The summed E-state index contributed by atoms with van der Waals surface area (Å²) >= 11 is 3.34. The number of aliphatic carboxylic acids is 1. The maximum Gasteiger partial charge on any atom is 0.326 e. The van der Waals surface area contributed by atoms with Gasteiger partial charge in [0.25, 0.3) is 0 Å². The van der Waals surface area contributed by atoms with E-state index in [1.165, 1.54) is 0 Å². The van der Waals surface area contributed by atoms with Crippen LogP contribution in [0.2, 0.25) is 0 Å². The molecule has 0 aromatic heterocycles. The van der Waals surface area contributed by atoms with Crippen LogP contribution in [-0.4, -0.2) is 17.1 Å². The first-order valence-corrected chi connectivity index (χ1v) is 5.85. The Bertz CT molecular complexity index is 368. The fraction of sp³-hybridized carbons (Fsp3) is 0.417. The number of carbonyl (C=O) groups is 1. The van der Waals surface area contributed by atoms with E-state index in [9.17, 15) is 4.79 Å². The average molecular weight is 286 g/mol. The molecule has 0 bridgehead atoms. The van der Waals surface area contributed by atoms with Crippen molar-refractivity contribution in [3.63, 3.8) is 0 Å². The van der Waals surface area contributed by atoms with E-state index in [2.05, 4.69) is 21.2 Å². The summed E-state index contributed by atoms with van der Waals surface area (Å²) in [6.07, 6.45) is 0. The average Bonchev–Trinajstić information content (AvgIpc) is 2.14. The summed E-state index contributed by atoms with van der Waals surface area (Å²) in [4.78, 5) is 11.1. The fourth-order valence-electron chi connectivity index (χ4n) is 1.36. The van der Waals surface area contributed by atoms with Gasteiger partial charge in [-0.2, -0.15) is 0 Å². The zero-order valence-electron chi connectivity index (χ0n) is 9.62. The van der Waals surface area contributed by atoms with Crippen molar-refractivity contribution in [2.75, 3.05) is 5.32 Å². The number of hydrogen-bond donors (Lipinski definition) is 2. The lowest BCUT2D eigenvalue weighted by Crippen LogP contribution is -2.41. The van der Waals surface area contributed by atoms with Gasteiger partial charge in [-0.05, 0) is 29.7 Å². The molecule has 2 N–H and O–H groups in total. The van der Waals surface area contributed by atoms with Crippen LogP contribution in [0.1, 0.15) is 20.8 Å². The minimum Gasteiger partial charge on any atom is -0.480 e. The first-order valence-electron chi connectivity index (χ1n) is 5.05. The quantitative estimate of drug-likeness (QED) is 0.895. The molecule has 0 saturated carbocycles. The maximum atomic E-state index is 11.1. The van der Waals surface area contributed by atoms with Crippen LogP contribution in [0, 0.1) is 5.41 Å². The van der Waals surface area contributed by atoms with E-state index >= 15 is 0 Å². The summed E-state index contributed by atoms with van der Waals surface area (Å²) in [7, 11) is 0. The van der Waals surface area contributed by atoms with Crippen molar-refractivity contribution in [3.8, 4) is 0 Å². The van der Waals surface area contributed by atoms with Crippen LogP contribution in [0.4, 0.5) is 5.69 Å². The van der Waals surface area contributed by atoms with Gasteiger partial charge in [0.1, 0.15) is 6.04 Å². The minimum absolute atomic E-state index is 0.334. The van der Waals surface area contributed by atoms with Crippen molar-refractivity contribution in [2.45, 2.75) is 26.8 Å². The smallest absolute Gasteiger partial charge is 0.326 e. The second-order valence-electron chi connectivity index (χ2n) is 4.79. The van der Waals surface area contributed by atoms with E-state index in [0.29, 0.717) is 0 Å². The van der Waals surface area contributed by atoms with Crippen molar-refractivity contribution < 1.29 is 9.90 Å². The first-order chi connectivity index (χ1) is 7.30. The van der Waals surface area contributed by atoms with Crippen LogP contribution in [0.5, 0.6) is 0 Å². The topological polar surface area (TPSA) is 49.3 Å². The third-order valence-corrected chi connectivity index (χ3v) is 2.80. The van der Waals surface area contributed by atoms with Gasteiger partial charge in [-0.15, -0.1) is 0 Å². The summed E-state index contributed by atoms with van der Waals surface area (Å²) in [5.41, 5.74) is 0.476. The van der Waals surface area contributed by atoms with E-state index in [-0.39, 0.29) is 5.41 Å². The number of halogens is 1. The van der Waals surface area contributed by atoms with Crippen molar-refractivity contribution in [1.29, 1.82) is 0 Å². The molecule has 0 aliphatic carbocycles. The monoisotopic (exact) mass is 285 g/mol. The predicted octanol–water partition coefficient (Wildman–Crippen LogP) is 3.36. The summed E-state index contributed by atoms with van der Waals surface area (Å²) in [6, 6.07) is 6.86. The molecule has 0 spiro atoms. The van der Waals surface area contributed by atoms with Crippen LogP contribution in [-0.2, 0) is 4.79 Å². The molecule has 1 atom stereocenters. The van der Waals surface area contributed by atoms with Crippen LogP contribution < -0.4 is 5.32 Å². The lowest BCUT2D eigenvalue weighted by Gasteiger charge is -2.28. The number of benzene rings is 1. The third kappa shape index (κ3) is 3.52. The Morgan fingerprint density at radius 2 is 1.81 bits per heavy atom. The van der Waals surface area contributed by atoms with Crippen molar-refractivity contribution in [1.82, 2.24) is 0 Å². The molecular formula is C12H16BrNO2. The summed E-state index contributed by atoms with van der Waals surface area (Å²) in [5.74, 6) is -0.838. The molecule has 1 unspecified atom stereocenters. The van der Waals surface area contributed by atoms with E-state index < -0.39 is 12.0 Å². The Kier molecular flexibility index (Phi) is 3.97.